The number of carbonyl (C=O) groups excluding carboxylic acids is 1. The van der Waals surface area contributed by atoms with Crippen LogP contribution in [-0.4, -0.2) is 24.1 Å². The van der Waals surface area contributed by atoms with Gasteiger partial charge < -0.3 is 9.64 Å². The molecule has 1 amide bonds. The predicted octanol–water partition coefficient (Wildman–Crippen LogP) is 2.42. The highest BCUT2D eigenvalue weighted by Gasteiger charge is 2.22. The van der Waals surface area contributed by atoms with Crippen LogP contribution in [0.25, 0.3) is 0 Å². The average molecular weight is 237 g/mol. The number of halogens is 1. The first-order chi connectivity index (χ1) is 7.70. The van der Waals surface area contributed by atoms with E-state index in [0.29, 0.717) is 11.3 Å². The van der Waals surface area contributed by atoms with Crippen LogP contribution < -0.4 is 4.74 Å². The van der Waals surface area contributed by atoms with Gasteiger partial charge in [-0.15, -0.1) is 0 Å². The zero-order valence-corrected chi connectivity index (χ0v) is 9.20. The molecule has 1 heterocycles. The number of hydrogen-bond donors (Lipinski definition) is 0. The Hall–Kier alpha value is -1.73. The molecule has 0 unspecified atom stereocenters. The molecule has 1 saturated heterocycles. The summed E-state index contributed by atoms with van der Waals surface area (Å²) in [5.41, 5.74) is 0.366. The second-order valence-corrected chi connectivity index (χ2v) is 3.87. The maximum Gasteiger partial charge on any atom is 0.415 e. The van der Waals surface area contributed by atoms with Crippen molar-refractivity contribution in [1.29, 1.82) is 5.26 Å². The second kappa shape index (κ2) is 4.42. The molecule has 0 aromatic heterocycles. The Bertz CT molecular complexity index is 464. The van der Waals surface area contributed by atoms with Crippen LogP contribution in [0.5, 0.6) is 5.75 Å². The van der Waals surface area contributed by atoms with Crippen LogP contribution in [0.15, 0.2) is 18.2 Å². The molecule has 2 rings (SSSR count). The summed E-state index contributed by atoms with van der Waals surface area (Å²) in [7, 11) is 0. The molecule has 0 bridgehead atoms. The van der Waals surface area contributed by atoms with Gasteiger partial charge in [-0.1, -0.05) is 11.6 Å². The van der Waals surface area contributed by atoms with Crippen molar-refractivity contribution in [1.82, 2.24) is 4.90 Å². The van der Waals surface area contributed by atoms with E-state index in [1.165, 1.54) is 12.1 Å². The van der Waals surface area contributed by atoms with E-state index in [1.807, 2.05) is 6.07 Å². The minimum Gasteiger partial charge on any atom is -0.410 e. The van der Waals surface area contributed by atoms with Gasteiger partial charge in [-0.25, -0.2) is 4.79 Å². The molecule has 0 aliphatic carbocycles. The molecule has 4 nitrogen and oxygen atoms in total. The van der Waals surface area contributed by atoms with Crippen molar-refractivity contribution >= 4 is 17.7 Å². The van der Waals surface area contributed by atoms with E-state index in [1.54, 1.807) is 11.0 Å². The topological polar surface area (TPSA) is 53.3 Å². The first kappa shape index (κ1) is 10.8. The molecule has 0 radical (unpaired) electrons. The summed E-state index contributed by atoms with van der Waals surface area (Å²) in [6.07, 6.45) is 0.649. The molecule has 1 fully saturated rings. The van der Waals surface area contributed by atoms with Crippen LogP contribution in [0, 0.1) is 11.3 Å². The third kappa shape index (κ3) is 2.10. The van der Waals surface area contributed by atoms with Gasteiger partial charge in [0, 0.05) is 19.2 Å². The maximum absolute atomic E-state index is 11.5. The van der Waals surface area contributed by atoms with E-state index >= 15 is 0 Å². The highest BCUT2D eigenvalue weighted by molar-refractivity contribution is 6.31. The number of benzene rings is 1. The highest BCUT2D eigenvalue weighted by Crippen LogP contribution is 2.22. The predicted molar refractivity (Wildman–Crippen MR) is 58.4 cm³/mol. The van der Waals surface area contributed by atoms with Crippen LogP contribution >= 0.6 is 11.6 Å². The number of rotatable bonds is 1. The van der Waals surface area contributed by atoms with E-state index < -0.39 is 0 Å². The van der Waals surface area contributed by atoms with Gasteiger partial charge in [0.2, 0.25) is 0 Å². The Morgan fingerprint density at radius 3 is 2.75 bits per heavy atom. The third-order valence-electron chi connectivity index (χ3n) is 2.38. The van der Waals surface area contributed by atoms with Crippen LogP contribution in [0.3, 0.4) is 0 Å². The van der Waals surface area contributed by atoms with E-state index in [0.717, 1.165) is 19.5 Å². The lowest BCUT2D eigenvalue weighted by molar-refractivity contribution is 0.125. The molecular weight excluding hydrogens is 228 g/mol. The second-order valence-electron chi connectivity index (χ2n) is 3.46. The molecule has 1 aromatic carbocycles. The lowest BCUT2D eigenvalue weighted by atomic mass is 10.2. The fraction of sp³-hybridized carbons (Fsp3) is 0.273. The summed E-state index contributed by atoms with van der Waals surface area (Å²) in [6.45, 7) is 1.48. The number of nitrogens with zero attached hydrogens (tertiary/aromatic N) is 2. The van der Waals surface area contributed by atoms with Crippen LogP contribution in [-0.2, 0) is 0 Å². The number of likely N-dealkylation sites (tertiary alicyclic amines) is 1. The first-order valence-corrected chi connectivity index (χ1v) is 5.25. The molecule has 5 heteroatoms. The summed E-state index contributed by atoms with van der Waals surface area (Å²) in [4.78, 5) is 13.1. The van der Waals surface area contributed by atoms with Crippen LogP contribution in [0.4, 0.5) is 4.79 Å². The molecule has 82 valence electrons. The number of amides is 1. The summed E-state index contributed by atoms with van der Waals surface area (Å²) in [6, 6.07) is 6.49. The zero-order chi connectivity index (χ0) is 11.5. The Morgan fingerprint density at radius 1 is 1.50 bits per heavy atom. The Kier molecular flexibility index (Phi) is 2.97. The molecular formula is C11H9ClN2O2. The fourth-order valence-electron chi connectivity index (χ4n) is 1.31. The van der Waals surface area contributed by atoms with Crippen molar-refractivity contribution < 1.29 is 9.53 Å². The van der Waals surface area contributed by atoms with Crippen molar-refractivity contribution in [2.24, 2.45) is 0 Å². The Labute approximate surface area is 98.0 Å². The van der Waals surface area contributed by atoms with Crippen molar-refractivity contribution in [3.8, 4) is 11.8 Å². The number of carbonyl (C=O) groups is 1. The van der Waals surface area contributed by atoms with Gasteiger partial charge in [0.05, 0.1) is 10.6 Å². The van der Waals surface area contributed by atoms with Crippen molar-refractivity contribution in [2.45, 2.75) is 6.42 Å². The van der Waals surface area contributed by atoms with Gasteiger partial charge >= 0.3 is 6.09 Å². The van der Waals surface area contributed by atoms with Gasteiger partial charge in [-0.3, -0.25) is 0 Å². The van der Waals surface area contributed by atoms with Crippen LogP contribution in [0.1, 0.15) is 12.0 Å². The summed E-state index contributed by atoms with van der Waals surface area (Å²) < 4.78 is 5.09. The van der Waals surface area contributed by atoms with E-state index in [2.05, 4.69) is 0 Å². The Balaban J connectivity index is 2.07. The summed E-state index contributed by atoms with van der Waals surface area (Å²) >= 11 is 5.81. The summed E-state index contributed by atoms with van der Waals surface area (Å²) in [5.74, 6) is 0.362. The molecule has 1 aliphatic heterocycles. The van der Waals surface area contributed by atoms with Gasteiger partial charge in [-0.2, -0.15) is 5.26 Å². The fourth-order valence-corrected chi connectivity index (χ4v) is 1.53. The standard InChI is InChI=1S/C11H9ClN2O2/c12-10-6-9(3-2-8(10)7-13)16-11(15)14-4-1-5-14/h2-3,6H,1,4-5H2. The molecule has 0 saturated carbocycles. The summed E-state index contributed by atoms with van der Waals surface area (Å²) in [5, 5.41) is 8.96. The van der Waals surface area contributed by atoms with E-state index in [-0.39, 0.29) is 11.1 Å². The van der Waals surface area contributed by atoms with Gasteiger partial charge in [-0.05, 0) is 18.6 Å². The number of hydrogen-bond acceptors (Lipinski definition) is 3. The zero-order valence-electron chi connectivity index (χ0n) is 8.44. The van der Waals surface area contributed by atoms with Crippen molar-refractivity contribution in [3.63, 3.8) is 0 Å². The molecule has 0 atom stereocenters. The molecule has 1 aliphatic rings. The average Bonchev–Trinajstić information content (AvgIpc) is 2.15. The number of ether oxygens (including phenoxy) is 1. The smallest absolute Gasteiger partial charge is 0.410 e. The van der Waals surface area contributed by atoms with E-state index in [4.69, 9.17) is 21.6 Å². The first-order valence-electron chi connectivity index (χ1n) is 4.87. The van der Waals surface area contributed by atoms with Gasteiger partial charge in [0.1, 0.15) is 11.8 Å². The largest absolute Gasteiger partial charge is 0.415 e. The quantitative estimate of drug-likeness (QED) is 0.753. The minimum absolute atomic E-state index is 0.288. The lowest BCUT2D eigenvalue weighted by Gasteiger charge is -2.29. The monoisotopic (exact) mass is 236 g/mol. The van der Waals surface area contributed by atoms with Gasteiger partial charge in [0.15, 0.2) is 0 Å². The van der Waals surface area contributed by atoms with Crippen molar-refractivity contribution in [3.05, 3.63) is 28.8 Å². The third-order valence-corrected chi connectivity index (χ3v) is 2.69. The van der Waals surface area contributed by atoms with E-state index in [9.17, 15) is 4.79 Å². The SMILES string of the molecule is N#Cc1ccc(OC(=O)N2CCC2)cc1Cl. The molecule has 0 N–H and O–H groups in total. The maximum atomic E-state index is 11.5. The lowest BCUT2D eigenvalue weighted by Crippen LogP contribution is -2.43. The Morgan fingerprint density at radius 2 is 2.25 bits per heavy atom. The number of nitriles is 1. The molecule has 16 heavy (non-hydrogen) atoms. The normalized spacial score (nSPS) is 13.9. The van der Waals surface area contributed by atoms with Crippen LogP contribution in [0.2, 0.25) is 5.02 Å². The minimum atomic E-state index is -0.368. The van der Waals surface area contributed by atoms with Crippen molar-refractivity contribution in [2.75, 3.05) is 13.1 Å². The van der Waals surface area contributed by atoms with Gasteiger partial charge in [0.25, 0.3) is 0 Å². The molecule has 1 aromatic rings. The molecule has 0 spiro atoms. The highest BCUT2D eigenvalue weighted by atomic mass is 35.5.